The molecule has 0 bridgehead atoms. The third kappa shape index (κ3) is 3.22. The first-order chi connectivity index (χ1) is 20.5. The van der Waals surface area contributed by atoms with Crippen molar-refractivity contribution in [2.75, 3.05) is 0 Å². The Morgan fingerprint density at radius 1 is 0.667 bits per heavy atom. The quantitative estimate of drug-likeness (QED) is 0.204. The molecule has 8 aromatic rings. The van der Waals surface area contributed by atoms with E-state index in [1.165, 1.54) is 32.3 Å². The van der Waals surface area contributed by atoms with Crippen LogP contribution in [-0.2, 0) is 5.41 Å². The van der Waals surface area contributed by atoms with Gasteiger partial charge < -0.3 is 0 Å². The van der Waals surface area contributed by atoms with Gasteiger partial charge in [-0.2, -0.15) is 0 Å². The summed E-state index contributed by atoms with van der Waals surface area (Å²) in [4.78, 5) is 10.6. The van der Waals surface area contributed by atoms with Crippen LogP contribution in [0.2, 0.25) is 5.02 Å². The fraction of sp³-hybridized carbons (Fsp3) is 0.0811. The van der Waals surface area contributed by atoms with Crippen molar-refractivity contribution in [1.82, 2.24) is 14.5 Å². The van der Waals surface area contributed by atoms with Crippen molar-refractivity contribution in [2.45, 2.75) is 19.3 Å². The number of thiophene rings is 1. The summed E-state index contributed by atoms with van der Waals surface area (Å²) >= 11 is 8.40. The number of fused-ring (bicyclic) bond motifs is 9. The van der Waals surface area contributed by atoms with Crippen molar-refractivity contribution in [3.63, 3.8) is 0 Å². The summed E-state index contributed by atoms with van der Waals surface area (Å²) in [5.74, 6) is 0.653. The SMILES string of the molecule is CC1(C)c2ccccc2-c2cc3c4ccc(Cl)cc4n(-c4nc(-c5ccccc5)c5sc6ccccc6c5n4)c3cc21. The molecule has 0 saturated heterocycles. The number of nitrogens with zero attached hydrogens (tertiary/aromatic N) is 3. The Morgan fingerprint density at radius 2 is 1.43 bits per heavy atom. The van der Waals surface area contributed by atoms with E-state index < -0.39 is 0 Å². The standard InChI is InChI=1S/C37H24ClN3S/c1-37(2)28-14-8-6-12-23(28)26-19-27-24-17-16-22(38)18-30(24)41(31(27)20-29(26)37)36-39-33(21-10-4-3-5-11-21)35-34(40-36)25-13-7-9-15-32(25)42-35/h3-20H,1-2H3. The molecule has 1 aliphatic carbocycles. The first kappa shape index (κ1) is 24.1. The van der Waals surface area contributed by atoms with E-state index in [1.807, 2.05) is 18.2 Å². The van der Waals surface area contributed by atoms with Gasteiger partial charge in [0.05, 0.1) is 26.9 Å². The van der Waals surface area contributed by atoms with E-state index in [0.717, 1.165) is 43.3 Å². The minimum absolute atomic E-state index is 0.122. The Morgan fingerprint density at radius 3 is 2.31 bits per heavy atom. The van der Waals surface area contributed by atoms with Gasteiger partial charge in [0, 0.05) is 36.9 Å². The van der Waals surface area contributed by atoms with Gasteiger partial charge in [-0.05, 0) is 52.6 Å². The van der Waals surface area contributed by atoms with Gasteiger partial charge in [-0.25, -0.2) is 9.97 Å². The van der Waals surface area contributed by atoms with Gasteiger partial charge in [-0.1, -0.05) is 104 Å². The summed E-state index contributed by atoms with van der Waals surface area (Å²) < 4.78 is 4.52. The monoisotopic (exact) mass is 577 g/mol. The number of rotatable bonds is 2. The Hall–Kier alpha value is -4.51. The zero-order valence-corrected chi connectivity index (χ0v) is 24.6. The molecule has 5 heteroatoms. The van der Waals surface area contributed by atoms with E-state index >= 15 is 0 Å². The van der Waals surface area contributed by atoms with Crippen LogP contribution in [0, 0.1) is 0 Å². The third-order valence-electron chi connectivity index (χ3n) is 8.89. The summed E-state index contributed by atoms with van der Waals surface area (Å²) in [6.07, 6.45) is 0. The number of benzene rings is 5. The summed E-state index contributed by atoms with van der Waals surface area (Å²) in [6, 6.07) is 38.6. The molecule has 9 rings (SSSR count). The molecule has 3 heterocycles. The highest BCUT2D eigenvalue weighted by atomic mass is 35.5. The molecule has 0 unspecified atom stereocenters. The molecule has 42 heavy (non-hydrogen) atoms. The topological polar surface area (TPSA) is 30.7 Å². The molecule has 200 valence electrons. The zero-order valence-electron chi connectivity index (χ0n) is 23.0. The van der Waals surface area contributed by atoms with Gasteiger partial charge in [0.15, 0.2) is 0 Å². The lowest BCUT2D eigenvalue weighted by molar-refractivity contribution is 0.661. The van der Waals surface area contributed by atoms with Crippen LogP contribution in [0.15, 0.2) is 109 Å². The van der Waals surface area contributed by atoms with Crippen LogP contribution in [0.25, 0.3) is 70.4 Å². The Kier molecular flexibility index (Phi) is 4.89. The zero-order chi connectivity index (χ0) is 28.2. The first-order valence-corrected chi connectivity index (χ1v) is 15.3. The van der Waals surface area contributed by atoms with Crippen LogP contribution in [0.5, 0.6) is 0 Å². The van der Waals surface area contributed by atoms with Crippen molar-refractivity contribution < 1.29 is 0 Å². The van der Waals surface area contributed by atoms with E-state index in [0.29, 0.717) is 11.0 Å². The molecular formula is C37H24ClN3S. The van der Waals surface area contributed by atoms with Gasteiger partial charge in [0.2, 0.25) is 5.95 Å². The molecule has 0 saturated carbocycles. The molecule has 0 aliphatic heterocycles. The summed E-state index contributed by atoms with van der Waals surface area (Å²) in [5.41, 5.74) is 10.3. The normalized spacial score (nSPS) is 13.8. The summed E-state index contributed by atoms with van der Waals surface area (Å²) in [6.45, 7) is 4.64. The fourth-order valence-corrected chi connectivity index (χ4v) is 8.19. The lowest BCUT2D eigenvalue weighted by Gasteiger charge is -2.21. The molecule has 5 aromatic carbocycles. The third-order valence-corrected chi connectivity index (χ3v) is 10.3. The van der Waals surface area contributed by atoms with Crippen LogP contribution in [0.1, 0.15) is 25.0 Å². The number of halogens is 1. The summed E-state index contributed by atoms with van der Waals surface area (Å²) in [7, 11) is 0. The Balaban J connectivity index is 1.43. The van der Waals surface area contributed by atoms with Crippen molar-refractivity contribution in [3.8, 4) is 28.3 Å². The predicted molar refractivity (Wildman–Crippen MR) is 177 cm³/mol. The maximum absolute atomic E-state index is 6.65. The molecule has 0 radical (unpaired) electrons. The lowest BCUT2D eigenvalue weighted by atomic mass is 9.82. The van der Waals surface area contributed by atoms with Gasteiger partial charge >= 0.3 is 0 Å². The second kappa shape index (κ2) is 8.51. The molecule has 0 amide bonds. The molecule has 0 N–H and O–H groups in total. The van der Waals surface area contributed by atoms with Crippen molar-refractivity contribution in [3.05, 3.63) is 125 Å². The highest BCUT2D eigenvalue weighted by Gasteiger charge is 2.36. The highest BCUT2D eigenvalue weighted by molar-refractivity contribution is 7.26. The molecule has 0 spiro atoms. The number of aromatic nitrogens is 3. The van der Waals surface area contributed by atoms with Gasteiger partial charge in [-0.15, -0.1) is 11.3 Å². The van der Waals surface area contributed by atoms with Crippen molar-refractivity contribution in [2.24, 2.45) is 0 Å². The second-order valence-corrected chi connectivity index (χ2v) is 13.1. The van der Waals surface area contributed by atoms with E-state index in [9.17, 15) is 0 Å². The van der Waals surface area contributed by atoms with Gasteiger partial charge in [0.25, 0.3) is 0 Å². The largest absolute Gasteiger partial charge is 0.278 e. The molecular weight excluding hydrogens is 554 g/mol. The predicted octanol–water partition coefficient (Wildman–Crippen LogP) is 10.6. The van der Waals surface area contributed by atoms with Crippen LogP contribution in [-0.4, -0.2) is 14.5 Å². The molecule has 0 atom stereocenters. The average molecular weight is 578 g/mol. The summed E-state index contributed by atoms with van der Waals surface area (Å²) in [5, 5.41) is 4.15. The molecule has 1 aliphatic rings. The minimum atomic E-state index is -0.122. The molecule has 3 nitrogen and oxygen atoms in total. The highest BCUT2D eigenvalue weighted by Crippen LogP contribution is 2.51. The van der Waals surface area contributed by atoms with Crippen LogP contribution in [0.4, 0.5) is 0 Å². The lowest BCUT2D eigenvalue weighted by Crippen LogP contribution is -2.15. The van der Waals surface area contributed by atoms with E-state index in [1.54, 1.807) is 11.3 Å². The molecule has 0 fully saturated rings. The average Bonchev–Trinajstić information content (AvgIpc) is 3.62. The Labute approximate surface area is 251 Å². The maximum atomic E-state index is 6.65. The van der Waals surface area contributed by atoms with Crippen LogP contribution in [0.3, 0.4) is 0 Å². The van der Waals surface area contributed by atoms with E-state index in [-0.39, 0.29) is 5.41 Å². The maximum Gasteiger partial charge on any atom is 0.235 e. The van der Waals surface area contributed by atoms with Gasteiger partial charge in [-0.3, -0.25) is 4.57 Å². The van der Waals surface area contributed by atoms with E-state index in [4.69, 9.17) is 21.6 Å². The number of hydrogen-bond acceptors (Lipinski definition) is 3. The Bertz CT molecular complexity index is 2400. The van der Waals surface area contributed by atoms with Crippen LogP contribution >= 0.6 is 22.9 Å². The van der Waals surface area contributed by atoms with Crippen molar-refractivity contribution in [1.29, 1.82) is 0 Å². The van der Waals surface area contributed by atoms with Crippen molar-refractivity contribution >= 4 is 65.0 Å². The number of hydrogen-bond donors (Lipinski definition) is 0. The smallest absolute Gasteiger partial charge is 0.235 e. The minimum Gasteiger partial charge on any atom is -0.278 e. The fourth-order valence-electron chi connectivity index (χ4n) is 6.87. The first-order valence-electron chi connectivity index (χ1n) is 14.1. The van der Waals surface area contributed by atoms with Crippen LogP contribution < -0.4 is 0 Å². The second-order valence-electron chi connectivity index (χ2n) is 11.6. The van der Waals surface area contributed by atoms with Gasteiger partial charge in [0.1, 0.15) is 0 Å². The van der Waals surface area contributed by atoms with E-state index in [2.05, 4.69) is 109 Å². The molecule has 3 aromatic heterocycles.